The molecule has 2 aliphatic rings. The van der Waals surface area contributed by atoms with E-state index in [1.54, 1.807) is 0 Å². The first-order valence-corrected chi connectivity index (χ1v) is 14.7. The first-order valence-electron chi connectivity index (χ1n) is 11.1. The molecule has 0 N–H and O–H groups in total. The van der Waals surface area contributed by atoms with Gasteiger partial charge in [0.05, 0.1) is 14.0 Å². The molecule has 3 heteroatoms. The van der Waals surface area contributed by atoms with Gasteiger partial charge >= 0.3 is 5.97 Å². The number of esters is 1. The van der Waals surface area contributed by atoms with Crippen molar-refractivity contribution in [2.75, 3.05) is 0 Å². The molecule has 1 aromatic carbocycles. The first-order chi connectivity index (χ1) is 13.2. The lowest BCUT2D eigenvalue weighted by Gasteiger charge is -2.36. The van der Waals surface area contributed by atoms with Crippen LogP contribution in [0.1, 0.15) is 51.5 Å². The number of carbonyl (C=O) groups is 1. The predicted octanol–water partition coefficient (Wildman–Crippen LogP) is 6.45. The Morgan fingerprint density at radius 3 is 2.43 bits per heavy atom. The van der Waals surface area contributed by atoms with Crippen molar-refractivity contribution in [3.63, 3.8) is 0 Å². The summed E-state index contributed by atoms with van der Waals surface area (Å²) in [5, 5.41) is 0. The number of allylic oxidation sites excluding steroid dienone is 1. The summed E-state index contributed by atoms with van der Waals surface area (Å²) in [6.07, 6.45) is 5.87. The molecule has 2 aliphatic carbocycles. The summed E-state index contributed by atoms with van der Waals surface area (Å²) in [5.41, 5.74) is 3.66. The molecule has 0 aromatic heterocycles. The van der Waals surface area contributed by atoms with Crippen molar-refractivity contribution >= 4 is 14.0 Å². The van der Waals surface area contributed by atoms with E-state index < -0.39 is 8.07 Å². The summed E-state index contributed by atoms with van der Waals surface area (Å²) in [4.78, 5) is 13.2. The van der Waals surface area contributed by atoms with Crippen molar-refractivity contribution < 1.29 is 9.53 Å². The molecule has 0 aliphatic heterocycles. The molecule has 2 nitrogen and oxygen atoms in total. The average Bonchev–Trinajstić information content (AvgIpc) is 3.34. The molecule has 1 aromatic rings. The van der Waals surface area contributed by atoms with Crippen LogP contribution < -0.4 is 0 Å². The molecule has 0 amide bonds. The lowest BCUT2D eigenvalue weighted by atomic mass is 9.75. The van der Waals surface area contributed by atoms with Gasteiger partial charge in [0.2, 0.25) is 0 Å². The third-order valence-corrected chi connectivity index (χ3v) is 7.77. The Balaban J connectivity index is 1.75. The van der Waals surface area contributed by atoms with Gasteiger partial charge in [0.25, 0.3) is 0 Å². The molecule has 2 saturated carbocycles. The summed E-state index contributed by atoms with van der Waals surface area (Å²) in [6, 6.07) is 10.5. The summed E-state index contributed by atoms with van der Waals surface area (Å²) >= 11 is 0. The molecule has 0 spiro atoms. The fourth-order valence-corrected chi connectivity index (χ4v) is 5.66. The van der Waals surface area contributed by atoms with Crippen molar-refractivity contribution in [2.45, 2.75) is 71.7 Å². The number of carbonyl (C=O) groups excluding carboxylic acids is 1. The fraction of sp³-hybridized carbons (Fsp3) is 0.640. The quantitative estimate of drug-likeness (QED) is 0.406. The molecule has 0 heterocycles. The van der Waals surface area contributed by atoms with Gasteiger partial charge in [0, 0.05) is 5.92 Å². The lowest BCUT2D eigenvalue weighted by Crippen LogP contribution is -2.36. The van der Waals surface area contributed by atoms with Gasteiger partial charge in [-0.1, -0.05) is 88.9 Å². The molecule has 0 unspecified atom stereocenters. The van der Waals surface area contributed by atoms with Crippen LogP contribution in [0.25, 0.3) is 0 Å². The molecular weight excluding hydrogens is 360 g/mol. The Morgan fingerprint density at radius 2 is 1.82 bits per heavy atom. The monoisotopic (exact) mass is 398 g/mol. The molecule has 0 saturated heterocycles. The van der Waals surface area contributed by atoms with Crippen molar-refractivity contribution in [1.82, 2.24) is 0 Å². The maximum absolute atomic E-state index is 13.2. The Morgan fingerprint density at radius 1 is 1.14 bits per heavy atom. The summed E-state index contributed by atoms with van der Waals surface area (Å²) in [6.45, 7) is 13.9. The second-order valence-corrected chi connectivity index (χ2v) is 15.6. The minimum absolute atomic E-state index is 0.0138. The Kier molecular flexibility index (Phi) is 6.53. The standard InChI is InChI=1S/C25H38O2Si/c1-17(2)20-13-12-18(3)16-22(20)27-25(26)24-21(14-15-28(4,5)6)23(24)19-10-8-7-9-11-19/h7-11,14-15,17-18,20-24H,12-13,16H2,1-6H3/b15-14+/t18-,20+,21-,22-,23+,24+/m1/s1. The molecule has 6 atom stereocenters. The van der Waals surface area contributed by atoms with Crippen LogP contribution in [-0.2, 0) is 9.53 Å². The van der Waals surface area contributed by atoms with Gasteiger partial charge in [-0.05, 0) is 42.1 Å². The van der Waals surface area contributed by atoms with Gasteiger partial charge in [-0.3, -0.25) is 4.79 Å². The van der Waals surface area contributed by atoms with Crippen LogP contribution in [0.15, 0.2) is 42.1 Å². The van der Waals surface area contributed by atoms with E-state index in [0.717, 1.165) is 6.42 Å². The number of hydrogen-bond donors (Lipinski definition) is 0. The summed E-state index contributed by atoms with van der Waals surface area (Å²) in [5.74, 6) is 2.31. The lowest BCUT2D eigenvalue weighted by molar-refractivity contribution is -0.157. The van der Waals surface area contributed by atoms with Crippen molar-refractivity contribution in [3.8, 4) is 0 Å². The highest BCUT2D eigenvalue weighted by atomic mass is 28.3. The highest BCUT2D eigenvalue weighted by Gasteiger charge is 2.55. The molecule has 0 bridgehead atoms. The van der Waals surface area contributed by atoms with E-state index in [2.05, 4.69) is 76.5 Å². The largest absolute Gasteiger partial charge is 0.462 e. The van der Waals surface area contributed by atoms with Crippen LogP contribution in [0.2, 0.25) is 19.6 Å². The molecule has 154 valence electrons. The van der Waals surface area contributed by atoms with E-state index in [-0.39, 0.29) is 23.9 Å². The van der Waals surface area contributed by atoms with E-state index in [9.17, 15) is 4.79 Å². The second kappa shape index (κ2) is 8.57. The van der Waals surface area contributed by atoms with Crippen LogP contribution in [0.5, 0.6) is 0 Å². The van der Waals surface area contributed by atoms with E-state index in [4.69, 9.17) is 4.74 Å². The summed E-state index contributed by atoms with van der Waals surface area (Å²) < 4.78 is 6.21. The van der Waals surface area contributed by atoms with Crippen molar-refractivity contribution in [3.05, 3.63) is 47.7 Å². The predicted molar refractivity (Wildman–Crippen MR) is 120 cm³/mol. The van der Waals surface area contributed by atoms with Crippen molar-refractivity contribution in [1.29, 1.82) is 0 Å². The van der Waals surface area contributed by atoms with Gasteiger partial charge in [-0.15, -0.1) is 0 Å². The Labute approximate surface area is 172 Å². The number of benzene rings is 1. The maximum Gasteiger partial charge on any atom is 0.310 e. The molecule has 0 radical (unpaired) electrons. The normalized spacial score (nSPS) is 33.2. The Hall–Kier alpha value is -1.35. The average molecular weight is 399 g/mol. The van der Waals surface area contributed by atoms with Gasteiger partial charge in [0.15, 0.2) is 0 Å². The van der Waals surface area contributed by atoms with Crippen LogP contribution in [-0.4, -0.2) is 20.1 Å². The van der Waals surface area contributed by atoms with E-state index in [0.29, 0.717) is 23.7 Å². The van der Waals surface area contributed by atoms with Gasteiger partial charge in [-0.25, -0.2) is 0 Å². The smallest absolute Gasteiger partial charge is 0.310 e. The van der Waals surface area contributed by atoms with E-state index in [1.165, 1.54) is 18.4 Å². The minimum Gasteiger partial charge on any atom is -0.462 e. The number of hydrogen-bond acceptors (Lipinski definition) is 2. The fourth-order valence-electron chi connectivity index (χ4n) is 4.86. The SMILES string of the molecule is CC(C)[C@@H]1CC[C@@H](C)C[C@H]1OC(=O)[C@H]1[C@H](/C=C/[Si](C)(C)C)[C@@H]1c1ccccc1. The van der Waals surface area contributed by atoms with Crippen molar-refractivity contribution in [2.24, 2.45) is 29.6 Å². The Bertz CT molecular complexity index is 688. The van der Waals surface area contributed by atoms with Gasteiger partial charge in [-0.2, -0.15) is 0 Å². The third-order valence-electron chi connectivity index (χ3n) is 6.58. The number of rotatable bonds is 6. The van der Waals surface area contributed by atoms with E-state index in [1.807, 2.05) is 6.07 Å². The maximum atomic E-state index is 13.2. The summed E-state index contributed by atoms with van der Waals surface area (Å²) in [7, 11) is -1.29. The van der Waals surface area contributed by atoms with E-state index >= 15 is 0 Å². The van der Waals surface area contributed by atoms with Gasteiger partial charge < -0.3 is 4.74 Å². The second-order valence-electron chi connectivity index (χ2n) is 10.6. The molecule has 28 heavy (non-hydrogen) atoms. The highest BCUT2D eigenvalue weighted by molar-refractivity contribution is 6.80. The van der Waals surface area contributed by atoms with Crippen LogP contribution in [0.4, 0.5) is 0 Å². The minimum atomic E-state index is -1.29. The van der Waals surface area contributed by atoms with Gasteiger partial charge in [0.1, 0.15) is 6.10 Å². The zero-order valence-corrected chi connectivity index (χ0v) is 19.5. The zero-order valence-electron chi connectivity index (χ0n) is 18.5. The molecular formula is C25H38O2Si. The third kappa shape index (κ3) is 5.17. The first kappa shape index (κ1) is 21.4. The van der Waals surface area contributed by atoms with Crippen LogP contribution in [0.3, 0.4) is 0 Å². The number of ether oxygens (including phenoxy) is 1. The topological polar surface area (TPSA) is 26.3 Å². The molecule has 2 fully saturated rings. The van der Waals surface area contributed by atoms with Crippen LogP contribution >= 0.6 is 0 Å². The molecule has 3 rings (SSSR count). The zero-order chi connectivity index (χ0) is 20.5. The highest BCUT2D eigenvalue weighted by Crippen LogP contribution is 2.56. The van der Waals surface area contributed by atoms with Crippen LogP contribution in [0, 0.1) is 29.6 Å².